The van der Waals surface area contributed by atoms with Crippen LogP contribution >= 0.6 is 0 Å². The van der Waals surface area contributed by atoms with Gasteiger partial charge in [0.1, 0.15) is 11.8 Å². The second-order valence-corrected chi connectivity index (χ2v) is 3.23. The minimum Gasteiger partial charge on any atom is -0.396 e. The first-order valence-corrected chi connectivity index (χ1v) is 4.45. The standard InChI is InChI=1S/C8H13N3O4/c1-5-8(11(14)15)7(9-10(5)2)6(13)3-4-12/h6,12-13H,3-4H2,1-2H3. The van der Waals surface area contributed by atoms with E-state index in [4.69, 9.17) is 5.11 Å². The molecule has 7 heteroatoms. The van der Waals surface area contributed by atoms with E-state index in [1.807, 2.05) is 0 Å². The molecule has 1 aromatic rings. The van der Waals surface area contributed by atoms with Gasteiger partial charge in [-0.2, -0.15) is 5.10 Å². The van der Waals surface area contributed by atoms with Crippen LogP contribution in [0.25, 0.3) is 0 Å². The van der Waals surface area contributed by atoms with Crippen LogP contribution in [-0.2, 0) is 7.05 Å². The number of aromatic nitrogens is 2. The van der Waals surface area contributed by atoms with Crippen molar-refractivity contribution in [2.24, 2.45) is 7.05 Å². The van der Waals surface area contributed by atoms with Crippen molar-refractivity contribution >= 4 is 5.69 Å². The van der Waals surface area contributed by atoms with E-state index in [1.54, 1.807) is 14.0 Å². The first-order chi connectivity index (χ1) is 6.99. The Morgan fingerprint density at radius 3 is 2.73 bits per heavy atom. The number of aryl methyl sites for hydroxylation is 1. The third-order valence-electron chi connectivity index (χ3n) is 2.23. The molecule has 15 heavy (non-hydrogen) atoms. The molecular weight excluding hydrogens is 202 g/mol. The lowest BCUT2D eigenvalue weighted by molar-refractivity contribution is -0.386. The van der Waals surface area contributed by atoms with Gasteiger partial charge in [0.2, 0.25) is 0 Å². The molecule has 0 saturated heterocycles. The molecule has 7 nitrogen and oxygen atoms in total. The van der Waals surface area contributed by atoms with Gasteiger partial charge < -0.3 is 10.2 Å². The number of rotatable bonds is 4. The second-order valence-electron chi connectivity index (χ2n) is 3.23. The zero-order chi connectivity index (χ0) is 11.6. The first-order valence-electron chi connectivity index (χ1n) is 4.45. The molecule has 0 spiro atoms. The molecule has 1 aromatic heterocycles. The van der Waals surface area contributed by atoms with E-state index in [0.717, 1.165) is 0 Å². The fourth-order valence-electron chi connectivity index (χ4n) is 1.33. The topological polar surface area (TPSA) is 101 Å². The predicted molar refractivity (Wildman–Crippen MR) is 51.3 cm³/mol. The molecule has 1 atom stereocenters. The number of nitrogens with zero attached hydrogens (tertiary/aromatic N) is 3. The number of nitro groups is 1. The lowest BCUT2D eigenvalue weighted by atomic mass is 10.1. The van der Waals surface area contributed by atoms with Crippen LogP contribution in [0, 0.1) is 17.0 Å². The largest absolute Gasteiger partial charge is 0.396 e. The Kier molecular flexibility index (Phi) is 3.38. The highest BCUT2D eigenvalue weighted by Gasteiger charge is 2.28. The second kappa shape index (κ2) is 4.37. The van der Waals surface area contributed by atoms with Crippen LogP contribution in [0.15, 0.2) is 0 Å². The highest BCUT2D eigenvalue weighted by molar-refractivity contribution is 5.41. The summed E-state index contributed by atoms with van der Waals surface area (Å²) in [6.07, 6.45) is -1.06. The van der Waals surface area contributed by atoms with Gasteiger partial charge in [-0.05, 0) is 6.92 Å². The van der Waals surface area contributed by atoms with Crippen molar-refractivity contribution in [2.75, 3.05) is 6.61 Å². The summed E-state index contributed by atoms with van der Waals surface area (Å²) in [4.78, 5) is 10.2. The Morgan fingerprint density at radius 2 is 2.27 bits per heavy atom. The van der Waals surface area contributed by atoms with Crippen LogP contribution in [0.5, 0.6) is 0 Å². The maximum Gasteiger partial charge on any atom is 0.315 e. The molecule has 2 N–H and O–H groups in total. The predicted octanol–water partition coefficient (Wildman–Crippen LogP) is 0.0525. The Hall–Kier alpha value is -1.47. The van der Waals surface area contributed by atoms with Crippen LogP contribution in [0.4, 0.5) is 5.69 Å². The number of hydrogen-bond donors (Lipinski definition) is 2. The molecule has 1 unspecified atom stereocenters. The van der Waals surface area contributed by atoms with E-state index >= 15 is 0 Å². The van der Waals surface area contributed by atoms with Crippen LogP contribution in [0.3, 0.4) is 0 Å². The Labute approximate surface area is 86.1 Å². The van der Waals surface area contributed by atoms with Crippen molar-refractivity contribution in [2.45, 2.75) is 19.4 Å². The van der Waals surface area contributed by atoms with Gasteiger partial charge in [0, 0.05) is 20.1 Å². The summed E-state index contributed by atoms with van der Waals surface area (Å²) in [6.45, 7) is 1.31. The van der Waals surface area contributed by atoms with Gasteiger partial charge in [0.25, 0.3) is 0 Å². The van der Waals surface area contributed by atoms with Gasteiger partial charge in [-0.1, -0.05) is 0 Å². The molecule has 84 valence electrons. The molecule has 0 fully saturated rings. The lowest BCUT2D eigenvalue weighted by Crippen LogP contribution is -2.04. The van der Waals surface area contributed by atoms with Gasteiger partial charge in [-0.3, -0.25) is 14.8 Å². The maximum absolute atomic E-state index is 10.7. The van der Waals surface area contributed by atoms with Crippen LogP contribution in [-0.4, -0.2) is 31.5 Å². The lowest BCUT2D eigenvalue weighted by Gasteiger charge is -2.03. The summed E-state index contributed by atoms with van der Waals surface area (Å²) in [7, 11) is 1.57. The SMILES string of the molecule is Cc1c([N+](=O)[O-])c(C(O)CCO)nn1C. The Balaban J connectivity index is 3.17. The molecule has 0 aromatic carbocycles. The van der Waals surface area contributed by atoms with Gasteiger partial charge >= 0.3 is 5.69 Å². The van der Waals surface area contributed by atoms with Crippen molar-refractivity contribution in [3.8, 4) is 0 Å². The summed E-state index contributed by atoms with van der Waals surface area (Å²) < 4.78 is 1.34. The molecule has 1 heterocycles. The average molecular weight is 215 g/mol. The quantitative estimate of drug-likeness (QED) is 0.546. The monoisotopic (exact) mass is 215 g/mol. The van der Waals surface area contributed by atoms with Gasteiger partial charge in [0.05, 0.1) is 4.92 Å². The number of hydrogen-bond acceptors (Lipinski definition) is 5. The first kappa shape index (κ1) is 11.6. The number of aliphatic hydroxyl groups is 2. The molecular formula is C8H13N3O4. The zero-order valence-electron chi connectivity index (χ0n) is 8.54. The van der Waals surface area contributed by atoms with Gasteiger partial charge in [-0.15, -0.1) is 0 Å². The van der Waals surface area contributed by atoms with Gasteiger partial charge in [-0.25, -0.2) is 0 Å². The van der Waals surface area contributed by atoms with Crippen LogP contribution in [0.1, 0.15) is 23.9 Å². The van der Waals surface area contributed by atoms with E-state index in [1.165, 1.54) is 4.68 Å². The van der Waals surface area contributed by atoms with E-state index < -0.39 is 11.0 Å². The van der Waals surface area contributed by atoms with Crippen molar-refractivity contribution < 1.29 is 15.1 Å². The fraction of sp³-hybridized carbons (Fsp3) is 0.625. The van der Waals surface area contributed by atoms with E-state index in [9.17, 15) is 15.2 Å². The van der Waals surface area contributed by atoms with Crippen molar-refractivity contribution in [3.05, 3.63) is 21.5 Å². The maximum atomic E-state index is 10.7. The minimum absolute atomic E-state index is 0.00838. The van der Waals surface area contributed by atoms with E-state index in [2.05, 4.69) is 5.10 Å². The van der Waals surface area contributed by atoms with Crippen molar-refractivity contribution in [3.63, 3.8) is 0 Å². The molecule has 0 amide bonds. The van der Waals surface area contributed by atoms with Crippen molar-refractivity contribution in [1.29, 1.82) is 0 Å². The fourth-order valence-corrected chi connectivity index (χ4v) is 1.33. The number of aliphatic hydroxyl groups excluding tert-OH is 2. The van der Waals surface area contributed by atoms with Gasteiger partial charge in [0.15, 0.2) is 5.69 Å². The molecule has 0 aliphatic rings. The summed E-state index contributed by atoms with van der Waals surface area (Å²) in [5, 5.41) is 32.8. The molecule has 1 rings (SSSR count). The summed E-state index contributed by atoms with van der Waals surface area (Å²) in [5.74, 6) is 0. The molecule has 0 aliphatic heterocycles. The summed E-state index contributed by atoms with van der Waals surface area (Å²) >= 11 is 0. The highest BCUT2D eigenvalue weighted by Crippen LogP contribution is 2.28. The van der Waals surface area contributed by atoms with Crippen molar-refractivity contribution in [1.82, 2.24) is 9.78 Å². The summed E-state index contributed by atoms with van der Waals surface area (Å²) in [6, 6.07) is 0. The highest BCUT2D eigenvalue weighted by atomic mass is 16.6. The molecule has 0 bridgehead atoms. The van der Waals surface area contributed by atoms with E-state index in [-0.39, 0.29) is 24.4 Å². The van der Waals surface area contributed by atoms with E-state index in [0.29, 0.717) is 5.69 Å². The molecule has 0 radical (unpaired) electrons. The normalized spacial score (nSPS) is 12.8. The third kappa shape index (κ3) is 2.13. The third-order valence-corrected chi connectivity index (χ3v) is 2.23. The van der Waals surface area contributed by atoms with Crippen LogP contribution in [0.2, 0.25) is 0 Å². The average Bonchev–Trinajstić information content (AvgIpc) is 2.44. The molecule has 0 aliphatic carbocycles. The Bertz CT molecular complexity index is 374. The Morgan fingerprint density at radius 1 is 1.67 bits per heavy atom. The van der Waals surface area contributed by atoms with Crippen LogP contribution < -0.4 is 0 Å². The smallest absolute Gasteiger partial charge is 0.315 e. The minimum atomic E-state index is -1.10. The zero-order valence-corrected chi connectivity index (χ0v) is 8.54. The molecule has 0 saturated carbocycles. The summed E-state index contributed by atoms with van der Waals surface area (Å²) in [5.41, 5.74) is 0.208.